The zero-order chi connectivity index (χ0) is 14.8. The van der Waals surface area contributed by atoms with E-state index in [0.717, 1.165) is 17.1 Å². The zero-order valence-electron chi connectivity index (χ0n) is 10.1. The first-order valence-corrected chi connectivity index (χ1v) is 5.13. The van der Waals surface area contributed by atoms with E-state index in [2.05, 4.69) is 4.98 Å². The first-order chi connectivity index (χ1) is 8.68. The molecule has 9 heteroatoms. The number of nitrogens with zero attached hydrogens (tertiary/aromatic N) is 2. The largest absolute Gasteiger partial charge is 0.506 e. The van der Waals surface area contributed by atoms with Crippen molar-refractivity contribution in [2.24, 2.45) is 17.3 Å². The second-order valence-corrected chi connectivity index (χ2v) is 3.74. The van der Waals surface area contributed by atoms with E-state index < -0.39 is 17.6 Å². The maximum atomic E-state index is 12.6. The molecule has 0 amide bonds. The summed E-state index contributed by atoms with van der Waals surface area (Å²) >= 11 is 0. The van der Waals surface area contributed by atoms with Crippen LogP contribution < -0.4 is 17.3 Å². The van der Waals surface area contributed by atoms with E-state index in [9.17, 15) is 13.2 Å². The van der Waals surface area contributed by atoms with Gasteiger partial charge in [-0.1, -0.05) is 0 Å². The van der Waals surface area contributed by atoms with Gasteiger partial charge in [-0.05, 0) is 12.1 Å². The van der Waals surface area contributed by atoms with Gasteiger partial charge in [0.2, 0.25) is 0 Å². The van der Waals surface area contributed by atoms with Crippen molar-refractivity contribution in [1.29, 1.82) is 0 Å². The topological polar surface area (TPSA) is 114 Å². The predicted molar refractivity (Wildman–Crippen MR) is 63.0 cm³/mol. The molecule has 0 fully saturated rings. The number of pyridine rings is 1. The molecule has 0 aliphatic rings. The highest BCUT2D eigenvalue weighted by atomic mass is 19.4. The lowest BCUT2D eigenvalue weighted by atomic mass is 10.2. The van der Waals surface area contributed by atoms with E-state index in [-0.39, 0.29) is 23.6 Å². The number of aromatic hydroxyl groups is 1. The fourth-order valence-electron chi connectivity index (χ4n) is 1.40. The Hall–Kier alpha value is -2.00. The normalized spacial score (nSPS) is 13.2. The van der Waals surface area contributed by atoms with E-state index in [1.54, 1.807) is 0 Å². The van der Waals surface area contributed by atoms with Gasteiger partial charge in [0, 0.05) is 13.6 Å². The Morgan fingerprint density at radius 1 is 1.42 bits per heavy atom. The van der Waals surface area contributed by atoms with Crippen LogP contribution >= 0.6 is 0 Å². The van der Waals surface area contributed by atoms with Crippen molar-refractivity contribution in [2.45, 2.75) is 6.18 Å². The fourth-order valence-corrected chi connectivity index (χ4v) is 1.40. The Kier molecular flexibility index (Phi) is 4.22. The third-order valence-electron chi connectivity index (χ3n) is 2.35. The van der Waals surface area contributed by atoms with Gasteiger partial charge >= 0.3 is 6.18 Å². The molecule has 0 radical (unpaired) electrons. The first-order valence-electron chi connectivity index (χ1n) is 5.13. The third kappa shape index (κ3) is 3.26. The maximum Gasteiger partial charge on any atom is 0.437 e. The summed E-state index contributed by atoms with van der Waals surface area (Å²) in [5.74, 6) is 4.48. The fraction of sp³-hybridized carbons (Fsp3) is 0.300. The summed E-state index contributed by atoms with van der Waals surface area (Å²) in [7, 11) is 1.44. The van der Waals surface area contributed by atoms with E-state index in [0.29, 0.717) is 0 Å². The van der Waals surface area contributed by atoms with Crippen LogP contribution in [0.5, 0.6) is 5.75 Å². The van der Waals surface area contributed by atoms with Crippen LogP contribution in [0.1, 0.15) is 11.4 Å². The van der Waals surface area contributed by atoms with Crippen LogP contribution in [0.4, 0.5) is 13.2 Å². The Balaban J connectivity index is 3.38. The van der Waals surface area contributed by atoms with Gasteiger partial charge in [0.25, 0.3) is 0 Å². The number of alkyl halides is 3. The van der Waals surface area contributed by atoms with E-state index >= 15 is 0 Å². The van der Waals surface area contributed by atoms with Gasteiger partial charge in [-0.2, -0.15) is 13.2 Å². The Labute approximate surface area is 107 Å². The van der Waals surface area contributed by atoms with Crippen LogP contribution in [-0.2, 0) is 6.18 Å². The van der Waals surface area contributed by atoms with Gasteiger partial charge in [-0.25, -0.2) is 10.8 Å². The average Bonchev–Trinajstić information content (AvgIpc) is 2.28. The number of likely N-dealkylation sites (N-methyl/N-ethyl adjacent to an activating group) is 1. The molecule has 106 valence electrons. The van der Waals surface area contributed by atoms with Gasteiger partial charge in [0.15, 0.2) is 5.69 Å². The number of hydrazine groups is 1. The molecule has 0 aliphatic heterocycles. The van der Waals surface area contributed by atoms with Crippen molar-refractivity contribution in [3.8, 4) is 5.75 Å². The molecular formula is C10H14F3N5O. The predicted octanol–water partition coefficient (Wildman–Crippen LogP) is 0.198. The van der Waals surface area contributed by atoms with Crippen molar-refractivity contribution in [1.82, 2.24) is 9.99 Å². The van der Waals surface area contributed by atoms with Crippen molar-refractivity contribution < 1.29 is 18.3 Å². The van der Waals surface area contributed by atoms with Gasteiger partial charge in [0.05, 0.1) is 17.1 Å². The number of hydrogen-bond donors (Lipinski definition) is 4. The van der Waals surface area contributed by atoms with Crippen LogP contribution in [0, 0.1) is 0 Å². The Morgan fingerprint density at radius 2 is 2.00 bits per heavy atom. The number of aromatic nitrogens is 1. The summed E-state index contributed by atoms with van der Waals surface area (Å²) in [6.45, 7) is -0.0667. The SMILES string of the molecule is CN(N)/C(CN)=C(\N)c1ccc(O)c(C(F)(F)F)n1. The molecule has 19 heavy (non-hydrogen) atoms. The molecule has 1 rings (SSSR count). The minimum absolute atomic E-state index is 0.0667. The highest BCUT2D eigenvalue weighted by molar-refractivity contribution is 5.63. The number of rotatable bonds is 3. The Bertz CT molecular complexity index is 498. The van der Waals surface area contributed by atoms with Crippen LogP contribution in [-0.4, -0.2) is 28.7 Å². The zero-order valence-corrected chi connectivity index (χ0v) is 10.1. The van der Waals surface area contributed by atoms with E-state index in [4.69, 9.17) is 22.4 Å². The molecule has 0 saturated heterocycles. The number of hydrogen-bond acceptors (Lipinski definition) is 6. The molecule has 0 atom stereocenters. The molecule has 0 unspecified atom stereocenters. The summed E-state index contributed by atoms with van der Waals surface area (Å²) in [6.07, 6.45) is -4.78. The second kappa shape index (κ2) is 5.33. The molecule has 7 N–H and O–H groups in total. The molecule has 0 aliphatic carbocycles. The average molecular weight is 277 g/mol. The quantitative estimate of drug-likeness (QED) is 0.463. The van der Waals surface area contributed by atoms with Crippen LogP contribution in [0.15, 0.2) is 17.8 Å². The van der Waals surface area contributed by atoms with Crippen LogP contribution in [0.2, 0.25) is 0 Å². The Morgan fingerprint density at radius 3 is 2.42 bits per heavy atom. The maximum absolute atomic E-state index is 12.6. The second-order valence-electron chi connectivity index (χ2n) is 3.74. The lowest BCUT2D eigenvalue weighted by Gasteiger charge is -2.18. The molecule has 1 aromatic rings. The van der Waals surface area contributed by atoms with Crippen LogP contribution in [0.25, 0.3) is 5.70 Å². The van der Waals surface area contributed by atoms with Gasteiger partial charge in [-0.15, -0.1) is 0 Å². The minimum atomic E-state index is -4.78. The summed E-state index contributed by atoms with van der Waals surface area (Å²) in [5.41, 5.74) is 9.65. The molecule has 1 heterocycles. The summed E-state index contributed by atoms with van der Waals surface area (Å²) < 4.78 is 37.8. The molecular weight excluding hydrogens is 263 g/mol. The molecule has 1 aromatic heterocycles. The molecule has 0 spiro atoms. The number of halogens is 3. The van der Waals surface area contributed by atoms with Gasteiger partial charge in [0.1, 0.15) is 5.75 Å². The lowest BCUT2D eigenvalue weighted by molar-refractivity contribution is -0.142. The molecule has 6 nitrogen and oxygen atoms in total. The van der Waals surface area contributed by atoms with Crippen LogP contribution in [0.3, 0.4) is 0 Å². The summed E-state index contributed by atoms with van der Waals surface area (Å²) in [5, 5.41) is 10.3. The highest BCUT2D eigenvalue weighted by Gasteiger charge is 2.36. The number of nitrogens with two attached hydrogens (primary N) is 3. The van der Waals surface area contributed by atoms with Gasteiger partial charge < -0.3 is 21.6 Å². The standard InChI is InChI=1S/C10H14F3N5O/c1-18(16)6(4-14)8(15)5-2-3-7(19)9(17-5)10(11,12)13/h2-3,19H,4,14-16H2,1H3/b8-6-. The lowest BCUT2D eigenvalue weighted by Crippen LogP contribution is -2.32. The van der Waals surface area contributed by atoms with Gasteiger partial charge in [-0.3, -0.25) is 0 Å². The molecule has 0 aromatic carbocycles. The smallest absolute Gasteiger partial charge is 0.437 e. The highest BCUT2D eigenvalue weighted by Crippen LogP contribution is 2.34. The molecule has 0 bridgehead atoms. The van der Waals surface area contributed by atoms with Crippen molar-refractivity contribution in [3.63, 3.8) is 0 Å². The molecule has 0 saturated carbocycles. The monoisotopic (exact) mass is 277 g/mol. The minimum Gasteiger partial charge on any atom is -0.506 e. The van der Waals surface area contributed by atoms with Crippen molar-refractivity contribution in [2.75, 3.05) is 13.6 Å². The summed E-state index contributed by atoms with van der Waals surface area (Å²) in [6, 6.07) is 2.02. The third-order valence-corrected chi connectivity index (χ3v) is 2.35. The first kappa shape index (κ1) is 15.1. The van der Waals surface area contributed by atoms with E-state index in [1.807, 2.05) is 0 Å². The summed E-state index contributed by atoms with van der Waals surface area (Å²) in [4.78, 5) is 3.30. The van der Waals surface area contributed by atoms with Crippen molar-refractivity contribution >= 4 is 5.70 Å². The van der Waals surface area contributed by atoms with Crippen molar-refractivity contribution in [3.05, 3.63) is 29.2 Å². The van der Waals surface area contributed by atoms with E-state index in [1.165, 1.54) is 7.05 Å².